The zero-order valence-electron chi connectivity index (χ0n) is 12.3. The summed E-state index contributed by atoms with van der Waals surface area (Å²) >= 11 is 5.17. The van der Waals surface area contributed by atoms with Gasteiger partial charge >= 0.3 is 6.09 Å². The molecular formula is C14H19BrN2O3S. The molecule has 1 N–H and O–H groups in total. The Hall–Kier alpha value is -0.630. The normalized spacial score (nSPS) is 28.8. The topological polar surface area (TPSA) is 50.8 Å². The minimum Gasteiger partial charge on any atom is -0.444 e. The van der Waals surface area contributed by atoms with Gasteiger partial charge in [0.05, 0.1) is 6.61 Å². The van der Waals surface area contributed by atoms with Crippen molar-refractivity contribution in [3.8, 4) is 0 Å². The van der Waals surface area contributed by atoms with Crippen LogP contribution in [0.5, 0.6) is 0 Å². The SMILES string of the molecule is CC(C)(C)OC(=O)N1CC2CONC2(c2cc(Br)cs2)C1. The van der Waals surface area contributed by atoms with Crippen LogP contribution in [-0.2, 0) is 15.1 Å². The maximum Gasteiger partial charge on any atom is 0.410 e. The van der Waals surface area contributed by atoms with Crippen LogP contribution in [0.1, 0.15) is 25.6 Å². The van der Waals surface area contributed by atoms with Gasteiger partial charge in [-0.25, -0.2) is 4.79 Å². The highest BCUT2D eigenvalue weighted by Crippen LogP contribution is 2.44. The number of hydroxylamine groups is 1. The molecule has 1 aromatic rings. The average molecular weight is 375 g/mol. The van der Waals surface area contributed by atoms with Gasteiger partial charge in [0.2, 0.25) is 0 Å². The molecule has 7 heteroatoms. The standard InChI is InChI=1S/C14H19BrN2O3S/c1-13(2,3)20-12(18)17-5-9-6-19-16-14(9,8-17)11-4-10(15)7-21-11/h4,7,9,16H,5-6,8H2,1-3H3. The van der Waals surface area contributed by atoms with E-state index >= 15 is 0 Å². The molecule has 2 aliphatic heterocycles. The van der Waals surface area contributed by atoms with Gasteiger partial charge in [0.1, 0.15) is 11.1 Å². The molecule has 1 aromatic heterocycles. The monoisotopic (exact) mass is 374 g/mol. The number of halogens is 1. The van der Waals surface area contributed by atoms with Crippen molar-refractivity contribution in [3.63, 3.8) is 0 Å². The van der Waals surface area contributed by atoms with Crippen molar-refractivity contribution in [1.29, 1.82) is 0 Å². The van der Waals surface area contributed by atoms with Gasteiger partial charge in [-0.1, -0.05) is 0 Å². The lowest BCUT2D eigenvalue weighted by Crippen LogP contribution is -2.44. The molecule has 5 nitrogen and oxygen atoms in total. The zero-order chi connectivity index (χ0) is 15.3. The average Bonchev–Trinajstić information content (AvgIpc) is 2.98. The second-order valence-electron chi connectivity index (χ2n) is 6.57. The molecule has 0 bridgehead atoms. The summed E-state index contributed by atoms with van der Waals surface area (Å²) in [6.07, 6.45) is -0.256. The number of ether oxygens (including phenoxy) is 1. The number of hydrogen-bond donors (Lipinski definition) is 1. The molecule has 0 aromatic carbocycles. The molecule has 0 radical (unpaired) electrons. The molecule has 2 unspecified atom stereocenters. The highest BCUT2D eigenvalue weighted by atomic mass is 79.9. The number of carbonyl (C=O) groups excluding carboxylic acids is 1. The Bertz CT molecular complexity index is 557. The summed E-state index contributed by atoms with van der Waals surface area (Å²) in [7, 11) is 0. The molecule has 21 heavy (non-hydrogen) atoms. The fraction of sp³-hybridized carbons (Fsp3) is 0.643. The van der Waals surface area contributed by atoms with E-state index in [-0.39, 0.29) is 17.6 Å². The van der Waals surface area contributed by atoms with Gasteiger partial charge in [0.15, 0.2) is 0 Å². The Morgan fingerprint density at radius 2 is 2.38 bits per heavy atom. The van der Waals surface area contributed by atoms with Crippen molar-refractivity contribution in [2.24, 2.45) is 5.92 Å². The molecule has 2 saturated heterocycles. The van der Waals surface area contributed by atoms with Crippen LogP contribution in [0.15, 0.2) is 15.9 Å². The number of hydrogen-bond acceptors (Lipinski definition) is 5. The molecular weight excluding hydrogens is 356 g/mol. The van der Waals surface area contributed by atoms with Gasteiger partial charge in [0, 0.05) is 33.7 Å². The summed E-state index contributed by atoms with van der Waals surface area (Å²) < 4.78 is 6.54. The lowest BCUT2D eigenvalue weighted by molar-refractivity contribution is 0.0155. The predicted octanol–water partition coefficient (Wildman–Crippen LogP) is 3.11. The summed E-state index contributed by atoms with van der Waals surface area (Å²) in [5.74, 6) is 0.246. The van der Waals surface area contributed by atoms with E-state index in [1.807, 2.05) is 20.8 Å². The molecule has 0 saturated carbocycles. The lowest BCUT2D eigenvalue weighted by Gasteiger charge is -2.27. The second-order valence-corrected chi connectivity index (χ2v) is 8.40. The summed E-state index contributed by atoms with van der Waals surface area (Å²) in [6.45, 7) is 7.48. The summed E-state index contributed by atoms with van der Waals surface area (Å²) in [6, 6.07) is 2.10. The van der Waals surface area contributed by atoms with Crippen molar-refractivity contribution in [3.05, 3.63) is 20.8 Å². The van der Waals surface area contributed by atoms with E-state index in [4.69, 9.17) is 9.57 Å². The van der Waals surface area contributed by atoms with Crippen molar-refractivity contribution in [1.82, 2.24) is 10.4 Å². The van der Waals surface area contributed by atoms with Gasteiger partial charge in [0.25, 0.3) is 0 Å². The Labute approximate surface area is 136 Å². The molecule has 2 aliphatic rings. The first-order chi connectivity index (χ1) is 9.80. The van der Waals surface area contributed by atoms with Crippen LogP contribution in [0.25, 0.3) is 0 Å². The lowest BCUT2D eigenvalue weighted by atomic mass is 9.88. The minimum absolute atomic E-state index is 0.246. The summed E-state index contributed by atoms with van der Waals surface area (Å²) in [5.41, 5.74) is 2.36. The predicted molar refractivity (Wildman–Crippen MR) is 84.1 cm³/mol. The maximum atomic E-state index is 12.3. The van der Waals surface area contributed by atoms with Crippen LogP contribution in [0.4, 0.5) is 4.79 Å². The third-order valence-electron chi connectivity index (χ3n) is 3.78. The fourth-order valence-corrected chi connectivity index (χ4v) is 4.49. The van der Waals surface area contributed by atoms with E-state index in [9.17, 15) is 4.79 Å². The largest absolute Gasteiger partial charge is 0.444 e. The fourth-order valence-electron chi connectivity index (χ4n) is 2.84. The number of fused-ring (bicyclic) bond motifs is 1. The number of thiophene rings is 1. The second kappa shape index (κ2) is 5.22. The van der Waals surface area contributed by atoms with E-state index in [0.29, 0.717) is 19.7 Å². The quantitative estimate of drug-likeness (QED) is 0.820. The maximum absolute atomic E-state index is 12.3. The Morgan fingerprint density at radius 1 is 1.62 bits per heavy atom. The number of rotatable bonds is 1. The Morgan fingerprint density at radius 3 is 3.00 bits per heavy atom. The van der Waals surface area contributed by atoms with Crippen LogP contribution in [0.2, 0.25) is 0 Å². The molecule has 0 aliphatic carbocycles. The Kier molecular flexibility index (Phi) is 3.80. The van der Waals surface area contributed by atoms with Crippen LogP contribution in [0.3, 0.4) is 0 Å². The van der Waals surface area contributed by atoms with E-state index < -0.39 is 5.60 Å². The van der Waals surface area contributed by atoms with Crippen LogP contribution < -0.4 is 5.48 Å². The van der Waals surface area contributed by atoms with Crippen LogP contribution >= 0.6 is 27.3 Å². The number of carbonyl (C=O) groups is 1. The Balaban J connectivity index is 1.81. The van der Waals surface area contributed by atoms with Gasteiger partial charge in [-0.05, 0) is 42.8 Å². The molecule has 1 amide bonds. The highest BCUT2D eigenvalue weighted by Gasteiger charge is 2.54. The van der Waals surface area contributed by atoms with Crippen molar-refractivity contribution >= 4 is 33.4 Å². The third kappa shape index (κ3) is 2.84. The molecule has 116 valence electrons. The molecule has 2 fully saturated rings. The smallest absolute Gasteiger partial charge is 0.410 e. The molecule has 3 heterocycles. The van der Waals surface area contributed by atoms with Gasteiger partial charge in [-0.15, -0.1) is 11.3 Å². The van der Waals surface area contributed by atoms with E-state index in [0.717, 1.165) is 4.47 Å². The first kappa shape index (κ1) is 15.3. The van der Waals surface area contributed by atoms with Gasteiger partial charge in [-0.2, -0.15) is 5.48 Å². The zero-order valence-corrected chi connectivity index (χ0v) is 14.7. The summed E-state index contributed by atoms with van der Waals surface area (Å²) in [5, 5.41) is 2.05. The van der Waals surface area contributed by atoms with E-state index in [1.165, 1.54) is 4.88 Å². The van der Waals surface area contributed by atoms with Crippen molar-refractivity contribution in [2.75, 3.05) is 19.7 Å². The first-order valence-electron chi connectivity index (χ1n) is 6.91. The molecule has 2 atom stereocenters. The van der Waals surface area contributed by atoms with E-state index in [2.05, 4.69) is 32.9 Å². The minimum atomic E-state index is -0.474. The van der Waals surface area contributed by atoms with Crippen molar-refractivity contribution < 1.29 is 14.4 Å². The molecule has 3 rings (SSSR count). The van der Waals surface area contributed by atoms with Gasteiger partial charge < -0.3 is 14.5 Å². The highest BCUT2D eigenvalue weighted by molar-refractivity contribution is 9.10. The molecule has 0 spiro atoms. The van der Waals surface area contributed by atoms with Crippen molar-refractivity contribution in [2.45, 2.75) is 31.9 Å². The number of nitrogens with zero attached hydrogens (tertiary/aromatic N) is 1. The third-order valence-corrected chi connectivity index (χ3v) is 5.64. The number of nitrogens with one attached hydrogen (secondary N) is 1. The van der Waals surface area contributed by atoms with Crippen LogP contribution in [0, 0.1) is 5.92 Å². The van der Waals surface area contributed by atoms with Crippen LogP contribution in [-0.4, -0.2) is 36.3 Å². The number of likely N-dealkylation sites (tertiary alicyclic amines) is 1. The summed E-state index contributed by atoms with van der Waals surface area (Å²) in [4.78, 5) is 20.7. The van der Waals surface area contributed by atoms with Gasteiger partial charge in [-0.3, -0.25) is 0 Å². The first-order valence-corrected chi connectivity index (χ1v) is 8.59. The number of amides is 1. The van der Waals surface area contributed by atoms with E-state index in [1.54, 1.807) is 16.2 Å².